The van der Waals surface area contributed by atoms with Crippen molar-refractivity contribution in [3.8, 4) is 5.88 Å². The number of ether oxygens (including phenoxy) is 2. The zero-order valence-corrected chi connectivity index (χ0v) is 21.9. The summed E-state index contributed by atoms with van der Waals surface area (Å²) in [5.41, 5.74) is 0.332. The first-order chi connectivity index (χ1) is 16.7. The summed E-state index contributed by atoms with van der Waals surface area (Å²) in [5, 5.41) is 10.8. The van der Waals surface area contributed by atoms with E-state index >= 15 is 0 Å². The van der Waals surface area contributed by atoms with Crippen LogP contribution in [0.15, 0.2) is 30.5 Å². The average molecular weight is 529 g/mol. The minimum Gasteiger partial charge on any atom is -0.481 e. The number of halogens is 4. The molecule has 36 heavy (non-hydrogen) atoms. The second-order valence-electron chi connectivity index (χ2n) is 10.1. The molecule has 0 saturated carbocycles. The van der Waals surface area contributed by atoms with E-state index in [2.05, 4.69) is 4.98 Å². The molecule has 1 aliphatic heterocycles. The van der Waals surface area contributed by atoms with Crippen LogP contribution < -0.4 is 4.74 Å². The van der Waals surface area contributed by atoms with Crippen molar-refractivity contribution in [1.29, 1.82) is 0 Å². The minimum absolute atomic E-state index is 0.0194. The minimum atomic E-state index is -4.58. The molecular formula is C26H32ClF3N2O4. The number of aliphatic carboxylic acids is 1. The van der Waals surface area contributed by atoms with Gasteiger partial charge in [0.15, 0.2) is 0 Å². The standard InChI is InChI=1S/C26H32ClF3N2O4/c1-7-32-20(17-9-8-10-18(27)14(17)2)22(19(25(3,4)5)21(32)24(33)34)36-13-15-11-16(26(28,29)30)12-31-23(15)35-6/h8-12,19-22H,7,13H2,1-6H3,(H,33,34)/t19-,20+,21+,22+/m1/s1. The lowest BCUT2D eigenvalue weighted by Gasteiger charge is -2.35. The molecule has 0 amide bonds. The number of benzene rings is 1. The van der Waals surface area contributed by atoms with Crippen LogP contribution in [0.4, 0.5) is 13.2 Å². The third-order valence-electron chi connectivity index (χ3n) is 6.84. The Kier molecular flexibility index (Phi) is 8.27. The number of hydrogen-bond acceptors (Lipinski definition) is 5. The van der Waals surface area contributed by atoms with Crippen molar-refractivity contribution < 1.29 is 32.5 Å². The summed E-state index contributed by atoms with van der Waals surface area (Å²) in [6, 6.07) is 5.06. The molecule has 0 radical (unpaired) electrons. The van der Waals surface area contributed by atoms with Gasteiger partial charge in [-0.15, -0.1) is 0 Å². The molecule has 1 aromatic carbocycles. The Morgan fingerprint density at radius 2 is 1.92 bits per heavy atom. The van der Waals surface area contributed by atoms with Gasteiger partial charge in [-0.1, -0.05) is 51.4 Å². The molecule has 2 aromatic rings. The van der Waals surface area contributed by atoms with Gasteiger partial charge < -0.3 is 14.6 Å². The smallest absolute Gasteiger partial charge is 0.417 e. The van der Waals surface area contributed by atoms with Gasteiger partial charge in [-0.2, -0.15) is 13.2 Å². The van der Waals surface area contributed by atoms with E-state index in [1.165, 1.54) is 7.11 Å². The van der Waals surface area contributed by atoms with Crippen molar-refractivity contribution in [2.75, 3.05) is 13.7 Å². The number of likely N-dealkylation sites (N-methyl/N-ethyl adjacent to an activating group) is 1. The van der Waals surface area contributed by atoms with Gasteiger partial charge in [0.05, 0.1) is 31.4 Å². The zero-order valence-electron chi connectivity index (χ0n) is 21.2. The Labute approximate surface area is 214 Å². The van der Waals surface area contributed by atoms with E-state index in [1.54, 1.807) is 12.1 Å². The largest absolute Gasteiger partial charge is 0.481 e. The number of carboxylic acid groups (broad SMARTS) is 1. The Morgan fingerprint density at radius 1 is 1.25 bits per heavy atom. The molecule has 0 unspecified atom stereocenters. The molecular weight excluding hydrogens is 497 g/mol. The topological polar surface area (TPSA) is 71.9 Å². The molecule has 4 atom stereocenters. The molecule has 3 rings (SSSR count). The fourth-order valence-corrected chi connectivity index (χ4v) is 5.40. The summed E-state index contributed by atoms with van der Waals surface area (Å²) in [4.78, 5) is 18.2. The van der Waals surface area contributed by atoms with Crippen molar-refractivity contribution >= 4 is 17.6 Å². The number of alkyl halides is 3. The Balaban J connectivity index is 2.13. The van der Waals surface area contributed by atoms with Gasteiger partial charge in [0.1, 0.15) is 6.04 Å². The van der Waals surface area contributed by atoms with Crippen molar-refractivity contribution in [3.05, 3.63) is 57.7 Å². The van der Waals surface area contributed by atoms with Crippen LogP contribution in [0.5, 0.6) is 5.88 Å². The lowest BCUT2D eigenvalue weighted by Crippen LogP contribution is -2.44. The molecule has 1 aromatic heterocycles. The lowest BCUT2D eigenvalue weighted by molar-refractivity contribution is -0.146. The first-order valence-electron chi connectivity index (χ1n) is 11.7. The van der Waals surface area contributed by atoms with Gasteiger partial charge in [-0.3, -0.25) is 9.69 Å². The molecule has 1 fully saturated rings. The van der Waals surface area contributed by atoms with E-state index in [4.69, 9.17) is 21.1 Å². The highest BCUT2D eigenvalue weighted by molar-refractivity contribution is 6.31. The average Bonchev–Trinajstić information content (AvgIpc) is 3.13. The second kappa shape index (κ2) is 10.6. The third kappa shape index (κ3) is 5.48. The van der Waals surface area contributed by atoms with Crippen LogP contribution >= 0.6 is 11.6 Å². The maximum absolute atomic E-state index is 13.4. The number of rotatable bonds is 7. The maximum atomic E-state index is 13.4. The van der Waals surface area contributed by atoms with Crippen LogP contribution in [0.1, 0.15) is 56.0 Å². The van der Waals surface area contributed by atoms with Crippen LogP contribution in [0.2, 0.25) is 5.02 Å². The quantitative estimate of drug-likeness (QED) is 0.465. The van der Waals surface area contributed by atoms with Gasteiger partial charge in [-0.25, -0.2) is 4.98 Å². The molecule has 1 N–H and O–H groups in total. The lowest BCUT2D eigenvalue weighted by atomic mass is 9.73. The van der Waals surface area contributed by atoms with Crippen molar-refractivity contribution in [1.82, 2.24) is 9.88 Å². The van der Waals surface area contributed by atoms with E-state index in [0.717, 1.165) is 17.2 Å². The number of likely N-dealkylation sites (tertiary alicyclic amines) is 1. The Hall–Kier alpha value is -2.36. The summed E-state index contributed by atoms with van der Waals surface area (Å²) in [5.74, 6) is -1.44. The number of methoxy groups -OCH3 is 1. The predicted octanol–water partition coefficient (Wildman–Crippen LogP) is 6.15. The van der Waals surface area contributed by atoms with E-state index < -0.39 is 47.2 Å². The molecule has 6 nitrogen and oxygen atoms in total. The molecule has 198 valence electrons. The van der Waals surface area contributed by atoms with E-state index in [0.29, 0.717) is 17.8 Å². The molecule has 2 heterocycles. The summed E-state index contributed by atoms with van der Waals surface area (Å²) in [6.45, 7) is 9.76. The molecule has 1 saturated heterocycles. The Bertz CT molecular complexity index is 1100. The van der Waals surface area contributed by atoms with E-state index in [9.17, 15) is 23.1 Å². The van der Waals surface area contributed by atoms with Crippen LogP contribution in [0.3, 0.4) is 0 Å². The van der Waals surface area contributed by atoms with Gasteiger partial charge in [-0.05, 0) is 42.1 Å². The summed E-state index contributed by atoms with van der Waals surface area (Å²) < 4.78 is 51.6. The molecule has 1 aliphatic rings. The monoisotopic (exact) mass is 528 g/mol. The highest BCUT2D eigenvalue weighted by Gasteiger charge is 2.56. The Morgan fingerprint density at radius 3 is 2.44 bits per heavy atom. The SMILES string of the molecule is CCN1[C@H](C(=O)O)[C@@H](C(C)(C)C)[C@H](OCc2cc(C(F)(F)F)cnc2OC)[C@@H]1c1cccc(Cl)c1C. The fraction of sp³-hybridized carbons (Fsp3) is 0.538. The van der Waals surface area contributed by atoms with E-state index in [1.807, 2.05) is 45.6 Å². The number of hydrogen-bond donors (Lipinski definition) is 1. The van der Waals surface area contributed by atoms with Gasteiger partial charge in [0.25, 0.3) is 0 Å². The summed E-state index contributed by atoms with van der Waals surface area (Å²) in [7, 11) is 1.32. The van der Waals surface area contributed by atoms with Gasteiger partial charge >= 0.3 is 12.1 Å². The highest BCUT2D eigenvalue weighted by Crippen LogP contribution is 2.50. The van der Waals surface area contributed by atoms with Crippen molar-refractivity contribution in [2.45, 2.75) is 65.6 Å². The first-order valence-corrected chi connectivity index (χ1v) is 12.0. The van der Waals surface area contributed by atoms with E-state index in [-0.39, 0.29) is 18.1 Å². The van der Waals surface area contributed by atoms with Crippen molar-refractivity contribution in [2.24, 2.45) is 11.3 Å². The summed E-state index contributed by atoms with van der Waals surface area (Å²) >= 11 is 6.42. The number of pyridine rings is 1. The fourth-order valence-electron chi connectivity index (χ4n) is 5.22. The predicted molar refractivity (Wildman–Crippen MR) is 130 cm³/mol. The number of carboxylic acids is 1. The van der Waals surface area contributed by atoms with Gasteiger partial charge in [0, 0.05) is 22.7 Å². The maximum Gasteiger partial charge on any atom is 0.417 e. The second-order valence-corrected chi connectivity index (χ2v) is 10.5. The molecule has 0 aliphatic carbocycles. The van der Waals surface area contributed by atoms with Crippen LogP contribution in [-0.4, -0.2) is 46.8 Å². The number of aromatic nitrogens is 1. The summed E-state index contributed by atoms with van der Waals surface area (Å²) in [6.07, 6.45) is -4.53. The first kappa shape index (κ1) is 28.2. The number of carbonyl (C=O) groups is 1. The van der Waals surface area contributed by atoms with Crippen LogP contribution in [0, 0.1) is 18.3 Å². The zero-order chi connectivity index (χ0) is 27.0. The van der Waals surface area contributed by atoms with Crippen LogP contribution in [-0.2, 0) is 22.3 Å². The van der Waals surface area contributed by atoms with Gasteiger partial charge in [0.2, 0.25) is 5.88 Å². The third-order valence-corrected chi connectivity index (χ3v) is 7.25. The van der Waals surface area contributed by atoms with Crippen LogP contribution in [0.25, 0.3) is 0 Å². The molecule has 10 heteroatoms. The van der Waals surface area contributed by atoms with Crippen molar-refractivity contribution in [3.63, 3.8) is 0 Å². The normalized spacial score (nSPS) is 23.2. The highest BCUT2D eigenvalue weighted by atomic mass is 35.5. The number of nitrogens with zero attached hydrogens (tertiary/aromatic N) is 2. The molecule has 0 spiro atoms. The molecule has 0 bridgehead atoms.